The SMILES string of the molecule is CCCOC(=O)c1sc2c(c1C)c(=O)n(CCC)c(=O)n2CCOC. The van der Waals surface area contributed by atoms with Gasteiger partial charge in [0.05, 0.1) is 25.1 Å². The van der Waals surface area contributed by atoms with Crippen LogP contribution in [0, 0.1) is 6.92 Å². The van der Waals surface area contributed by atoms with Gasteiger partial charge >= 0.3 is 11.7 Å². The molecule has 0 fully saturated rings. The van der Waals surface area contributed by atoms with Gasteiger partial charge in [0.15, 0.2) is 0 Å². The first-order chi connectivity index (χ1) is 12.0. The standard InChI is InChI=1S/C17H24N2O5S/c1-5-7-18-14(20)12-11(3)13(16(21)24-9-6-2)25-15(12)19(17(18)22)8-10-23-4/h5-10H2,1-4H3. The van der Waals surface area contributed by atoms with Crippen molar-refractivity contribution in [3.63, 3.8) is 0 Å². The van der Waals surface area contributed by atoms with E-state index in [1.807, 2.05) is 13.8 Å². The first kappa shape index (κ1) is 19.4. The van der Waals surface area contributed by atoms with Crippen molar-refractivity contribution in [1.82, 2.24) is 9.13 Å². The molecule has 0 aliphatic carbocycles. The minimum atomic E-state index is -0.451. The summed E-state index contributed by atoms with van der Waals surface area (Å²) in [6, 6.07) is 0. The summed E-state index contributed by atoms with van der Waals surface area (Å²) in [4.78, 5) is 38.7. The van der Waals surface area contributed by atoms with E-state index in [-0.39, 0.29) is 11.2 Å². The van der Waals surface area contributed by atoms with Gasteiger partial charge in [-0.25, -0.2) is 9.59 Å². The van der Waals surface area contributed by atoms with Crippen molar-refractivity contribution in [2.45, 2.75) is 46.7 Å². The van der Waals surface area contributed by atoms with Gasteiger partial charge in [-0.05, 0) is 25.3 Å². The average molecular weight is 368 g/mol. The van der Waals surface area contributed by atoms with Crippen molar-refractivity contribution in [3.05, 3.63) is 31.3 Å². The molecule has 0 radical (unpaired) electrons. The molecule has 2 rings (SSSR count). The molecule has 0 aromatic carbocycles. The summed E-state index contributed by atoms with van der Waals surface area (Å²) in [5, 5.41) is 0.414. The number of carbonyl (C=O) groups is 1. The van der Waals surface area contributed by atoms with Crippen molar-refractivity contribution in [2.75, 3.05) is 20.3 Å². The summed E-state index contributed by atoms with van der Waals surface area (Å²) in [6.45, 7) is 6.87. The van der Waals surface area contributed by atoms with E-state index >= 15 is 0 Å². The van der Waals surface area contributed by atoms with E-state index in [0.717, 1.165) is 17.8 Å². The number of hydrogen-bond donors (Lipinski definition) is 0. The maximum Gasteiger partial charge on any atom is 0.348 e. The van der Waals surface area contributed by atoms with Crippen molar-refractivity contribution in [3.8, 4) is 0 Å². The predicted molar refractivity (Wildman–Crippen MR) is 97.8 cm³/mol. The fourth-order valence-electron chi connectivity index (χ4n) is 2.65. The average Bonchev–Trinajstić information content (AvgIpc) is 2.94. The highest BCUT2D eigenvalue weighted by Gasteiger charge is 2.23. The number of thiophene rings is 1. The first-order valence-corrected chi connectivity index (χ1v) is 9.22. The molecule has 0 bridgehead atoms. The zero-order valence-electron chi connectivity index (χ0n) is 15.1. The Hall–Kier alpha value is -1.93. The molecular formula is C17H24N2O5S. The second kappa shape index (κ2) is 8.44. The van der Waals surface area contributed by atoms with E-state index in [4.69, 9.17) is 9.47 Å². The van der Waals surface area contributed by atoms with E-state index < -0.39 is 5.97 Å². The van der Waals surface area contributed by atoms with Crippen LogP contribution in [0.25, 0.3) is 10.2 Å². The molecule has 0 atom stereocenters. The van der Waals surface area contributed by atoms with Gasteiger partial charge in [0, 0.05) is 13.7 Å². The molecule has 0 aliphatic heterocycles. The van der Waals surface area contributed by atoms with Crippen molar-refractivity contribution in [2.24, 2.45) is 0 Å². The maximum atomic E-state index is 12.8. The number of ether oxygens (including phenoxy) is 2. The minimum absolute atomic E-state index is 0.319. The Morgan fingerprint density at radius 3 is 2.40 bits per heavy atom. The molecule has 7 nitrogen and oxygen atoms in total. The molecule has 138 valence electrons. The number of hydrogen-bond acceptors (Lipinski definition) is 6. The number of nitrogens with zero attached hydrogens (tertiary/aromatic N) is 2. The van der Waals surface area contributed by atoms with Gasteiger partial charge < -0.3 is 9.47 Å². The lowest BCUT2D eigenvalue weighted by Crippen LogP contribution is -2.40. The van der Waals surface area contributed by atoms with Crippen LogP contribution >= 0.6 is 11.3 Å². The number of fused-ring (bicyclic) bond motifs is 1. The van der Waals surface area contributed by atoms with Crippen LogP contribution in [0.4, 0.5) is 0 Å². The van der Waals surface area contributed by atoms with Crippen LogP contribution in [0.1, 0.15) is 41.9 Å². The van der Waals surface area contributed by atoms with Gasteiger partial charge in [0.25, 0.3) is 5.56 Å². The van der Waals surface area contributed by atoms with Crippen molar-refractivity contribution < 1.29 is 14.3 Å². The monoisotopic (exact) mass is 368 g/mol. The first-order valence-electron chi connectivity index (χ1n) is 8.40. The smallest absolute Gasteiger partial charge is 0.348 e. The van der Waals surface area contributed by atoms with Gasteiger partial charge in [0.1, 0.15) is 9.71 Å². The molecule has 0 unspecified atom stereocenters. The number of methoxy groups -OCH3 is 1. The Morgan fingerprint density at radius 1 is 1.08 bits per heavy atom. The lowest BCUT2D eigenvalue weighted by Gasteiger charge is -2.11. The third-order valence-electron chi connectivity index (χ3n) is 3.88. The number of carbonyl (C=O) groups excluding carboxylic acids is 1. The molecule has 0 spiro atoms. The van der Waals surface area contributed by atoms with Crippen LogP contribution in [0.15, 0.2) is 9.59 Å². The summed E-state index contributed by atoms with van der Waals surface area (Å²) in [7, 11) is 1.55. The minimum Gasteiger partial charge on any atom is -0.462 e. The lowest BCUT2D eigenvalue weighted by atomic mass is 10.2. The maximum absolute atomic E-state index is 12.8. The molecular weight excluding hydrogens is 344 g/mol. The molecule has 2 aromatic rings. The topological polar surface area (TPSA) is 79.5 Å². The Labute approximate surface area is 149 Å². The molecule has 2 aromatic heterocycles. The normalized spacial score (nSPS) is 11.2. The van der Waals surface area contributed by atoms with Crippen LogP contribution in [0.3, 0.4) is 0 Å². The molecule has 0 aliphatic rings. The van der Waals surface area contributed by atoms with E-state index in [0.29, 0.717) is 53.4 Å². The van der Waals surface area contributed by atoms with Crippen LogP contribution in [-0.4, -0.2) is 35.4 Å². The lowest BCUT2D eigenvalue weighted by molar-refractivity contribution is 0.0510. The fourth-order valence-corrected chi connectivity index (χ4v) is 3.86. The Bertz CT molecular complexity index is 878. The predicted octanol–water partition coefficient (Wildman–Crippen LogP) is 2.16. The molecule has 0 saturated carbocycles. The molecule has 0 saturated heterocycles. The molecule has 0 N–H and O–H groups in total. The van der Waals surface area contributed by atoms with Gasteiger partial charge in [-0.15, -0.1) is 11.3 Å². The number of aromatic nitrogens is 2. The zero-order valence-corrected chi connectivity index (χ0v) is 15.9. The van der Waals surface area contributed by atoms with Crippen molar-refractivity contribution in [1.29, 1.82) is 0 Å². The van der Waals surface area contributed by atoms with E-state index in [9.17, 15) is 14.4 Å². The largest absolute Gasteiger partial charge is 0.462 e. The zero-order chi connectivity index (χ0) is 18.6. The molecule has 2 heterocycles. The molecule has 8 heteroatoms. The molecule has 0 amide bonds. The van der Waals surface area contributed by atoms with Gasteiger partial charge in [-0.2, -0.15) is 0 Å². The molecule has 25 heavy (non-hydrogen) atoms. The summed E-state index contributed by atoms with van der Waals surface area (Å²) in [6.07, 6.45) is 1.39. The number of esters is 1. The van der Waals surface area contributed by atoms with Gasteiger partial charge in [-0.1, -0.05) is 13.8 Å². The Balaban J connectivity index is 2.74. The van der Waals surface area contributed by atoms with E-state index in [1.54, 1.807) is 14.0 Å². The quantitative estimate of drug-likeness (QED) is 0.667. The van der Waals surface area contributed by atoms with Gasteiger partial charge in [-0.3, -0.25) is 13.9 Å². The third-order valence-corrected chi connectivity index (χ3v) is 5.18. The van der Waals surface area contributed by atoms with E-state index in [1.165, 1.54) is 9.13 Å². The highest BCUT2D eigenvalue weighted by molar-refractivity contribution is 7.20. The highest BCUT2D eigenvalue weighted by Crippen LogP contribution is 2.28. The van der Waals surface area contributed by atoms with E-state index in [2.05, 4.69) is 0 Å². The summed E-state index contributed by atoms with van der Waals surface area (Å²) in [5.74, 6) is -0.451. The fraction of sp³-hybridized carbons (Fsp3) is 0.588. The second-order valence-electron chi connectivity index (χ2n) is 5.76. The van der Waals surface area contributed by atoms with Crippen LogP contribution in [0.2, 0.25) is 0 Å². The van der Waals surface area contributed by atoms with Crippen LogP contribution < -0.4 is 11.2 Å². The van der Waals surface area contributed by atoms with Gasteiger partial charge in [0.2, 0.25) is 0 Å². The Kier molecular flexibility index (Phi) is 6.55. The van der Waals surface area contributed by atoms with Crippen LogP contribution in [0.5, 0.6) is 0 Å². The summed E-state index contributed by atoms with van der Waals surface area (Å²) < 4.78 is 13.0. The number of rotatable bonds is 8. The third kappa shape index (κ3) is 3.69. The Morgan fingerprint density at radius 2 is 1.80 bits per heavy atom. The highest BCUT2D eigenvalue weighted by atomic mass is 32.1. The van der Waals surface area contributed by atoms with Crippen molar-refractivity contribution >= 4 is 27.5 Å². The number of aryl methyl sites for hydroxylation is 1. The van der Waals surface area contributed by atoms with Crippen LogP contribution in [-0.2, 0) is 22.6 Å². The summed E-state index contributed by atoms with van der Waals surface area (Å²) >= 11 is 1.13. The second-order valence-corrected chi connectivity index (χ2v) is 6.76. The summed E-state index contributed by atoms with van der Waals surface area (Å²) in [5.41, 5.74) is -0.146.